The molecule has 3 rings (SSSR count). The minimum atomic E-state index is 0.276. The number of likely N-dealkylation sites (N-methyl/N-ethyl adjacent to an activating group) is 1. The number of thioether (sulfide) groups is 1. The van der Waals surface area contributed by atoms with Gasteiger partial charge in [-0.25, -0.2) is 0 Å². The van der Waals surface area contributed by atoms with Crippen LogP contribution in [0.4, 0.5) is 0 Å². The van der Waals surface area contributed by atoms with Crippen LogP contribution in [-0.2, 0) is 4.79 Å². The maximum atomic E-state index is 12.8. The molecule has 1 aliphatic carbocycles. The Morgan fingerprint density at radius 1 is 1.19 bits per heavy atom. The van der Waals surface area contributed by atoms with Gasteiger partial charge >= 0.3 is 0 Å². The first-order valence-corrected chi connectivity index (χ1v) is 11.7. The second-order valence-corrected chi connectivity index (χ2v) is 9.15. The monoisotopic (exact) mass is 393 g/mol. The van der Waals surface area contributed by atoms with Crippen molar-refractivity contribution in [2.45, 2.75) is 82.0 Å². The molecule has 0 aromatic carbocycles. The number of hydrogen-bond acceptors (Lipinski definition) is 5. The van der Waals surface area contributed by atoms with Crippen molar-refractivity contribution in [2.75, 3.05) is 32.9 Å². The van der Waals surface area contributed by atoms with Crippen LogP contribution in [0.5, 0.6) is 0 Å². The Morgan fingerprint density at radius 2 is 1.93 bits per heavy atom. The van der Waals surface area contributed by atoms with E-state index in [4.69, 9.17) is 0 Å². The van der Waals surface area contributed by atoms with Gasteiger partial charge in [0, 0.05) is 31.6 Å². The molecule has 152 valence electrons. The van der Waals surface area contributed by atoms with E-state index in [1.807, 2.05) is 11.9 Å². The van der Waals surface area contributed by atoms with Gasteiger partial charge in [-0.3, -0.25) is 9.69 Å². The van der Waals surface area contributed by atoms with Gasteiger partial charge in [0.25, 0.3) is 0 Å². The number of rotatable bonds is 6. The van der Waals surface area contributed by atoms with Crippen LogP contribution in [-0.4, -0.2) is 69.5 Å². The van der Waals surface area contributed by atoms with E-state index >= 15 is 0 Å². The molecule has 1 atom stereocenters. The van der Waals surface area contributed by atoms with Gasteiger partial charge < -0.3 is 9.47 Å². The highest BCUT2D eigenvalue weighted by molar-refractivity contribution is 7.98. The average molecular weight is 394 g/mol. The minimum absolute atomic E-state index is 0.276. The van der Waals surface area contributed by atoms with Crippen molar-refractivity contribution < 1.29 is 4.79 Å². The first-order valence-electron chi connectivity index (χ1n) is 10.5. The Morgan fingerprint density at radius 3 is 2.59 bits per heavy atom. The highest BCUT2D eigenvalue weighted by atomic mass is 32.2. The maximum Gasteiger partial charge on any atom is 0.236 e. The molecule has 1 aromatic rings. The molecule has 7 heteroatoms. The second kappa shape index (κ2) is 9.41. The lowest BCUT2D eigenvalue weighted by molar-refractivity contribution is -0.134. The molecule has 0 N–H and O–H groups in total. The van der Waals surface area contributed by atoms with E-state index in [1.54, 1.807) is 11.8 Å². The average Bonchev–Trinajstić information content (AvgIpc) is 3.13. The van der Waals surface area contributed by atoms with Gasteiger partial charge in [0.1, 0.15) is 5.82 Å². The van der Waals surface area contributed by atoms with E-state index in [0.717, 1.165) is 36.9 Å². The predicted octanol–water partition coefficient (Wildman–Crippen LogP) is 3.55. The Labute approximate surface area is 168 Å². The third kappa shape index (κ3) is 4.86. The van der Waals surface area contributed by atoms with Crippen molar-refractivity contribution in [3.63, 3.8) is 0 Å². The largest absolute Gasteiger partial charge is 0.342 e. The summed E-state index contributed by atoms with van der Waals surface area (Å²) in [5.74, 6) is 1.73. The van der Waals surface area contributed by atoms with Crippen LogP contribution in [0.25, 0.3) is 0 Å². The summed E-state index contributed by atoms with van der Waals surface area (Å²) in [4.78, 5) is 17.2. The third-order valence-electron chi connectivity index (χ3n) is 6.14. The molecule has 27 heavy (non-hydrogen) atoms. The molecule has 1 aliphatic heterocycles. The number of carbonyl (C=O) groups is 1. The smallest absolute Gasteiger partial charge is 0.236 e. The quantitative estimate of drug-likeness (QED) is 0.692. The number of carbonyl (C=O) groups excluding carboxylic acids is 1. The zero-order valence-electron chi connectivity index (χ0n) is 17.4. The fourth-order valence-electron chi connectivity index (χ4n) is 4.58. The zero-order valence-corrected chi connectivity index (χ0v) is 18.2. The van der Waals surface area contributed by atoms with Crippen LogP contribution in [0.1, 0.15) is 76.6 Å². The van der Waals surface area contributed by atoms with Crippen LogP contribution in [0, 0.1) is 0 Å². The van der Waals surface area contributed by atoms with Crippen LogP contribution in [0.3, 0.4) is 0 Å². The normalized spacial score (nSPS) is 22.3. The van der Waals surface area contributed by atoms with E-state index < -0.39 is 0 Å². The second-order valence-electron chi connectivity index (χ2n) is 8.38. The molecular formula is C20H35N5OS. The summed E-state index contributed by atoms with van der Waals surface area (Å²) in [6, 6.07) is 0.798. The van der Waals surface area contributed by atoms with Crippen molar-refractivity contribution in [3.8, 4) is 0 Å². The topological polar surface area (TPSA) is 54.3 Å². The lowest BCUT2D eigenvalue weighted by Crippen LogP contribution is -2.46. The summed E-state index contributed by atoms with van der Waals surface area (Å²) in [7, 11) is 2.00. The Bertz CT molecular complexity index is 626. The van der Waals surface area contributed by atoms with Gasteiger partial charge in [-0.1, -0.05) is 31.0 Å². The first-order chi connectivity index (χ1) is 13.0. The van der Waals surface area contributed by atoms with Crippen LogP contribution >= 0.6 is 11.8 Å². The number of piperidine rings is 1. The number of hydrogen-bond donors (Lipinski definition) is 0. The summed E-state index contributed by atoms with van der Waals surface area (Å²) in [5, 5.41) is 9.90. The summed E-state index contributed by atoms with van der Waals surface area (Å²) in [6.07, 6.45) is 10.5. The summed E-state index contributed by atoms with van der Waals surface area (Å²) in [6.45, 7) is 6.83. The fraction of sp³-hybridized carbons (Fsp3) is 0.850. The lowest BCUT2D eigenvalue weighted by atomic mass is 9.94. The SMILES string of the molecule is CSc1nnc(C2CCCN(CC(=O)N(C)C3CCCCC3)C2)n1C(C)C. The summed E-state index contributed by atoms with van der Waals surface area (Å²) >= 11 is 1.65. The van der Waals surface area contributed by atoms with Crippen molar-refractivity contribution in [1.82, 2.24) is 24.6 Å². The van der Waals surface area contributed by atoms with E-state index in [1.165, 1.54) is 32.1 Å². The van der Waals surface area contributed by atoms with Crippen LogP contribution in [0.15, 0.2) is 5.16 Å². The van der Waals surface area contributed by atoms with Gasteiger partial charge in [-0.2, -0.15) is 0 Å². The highest BCUT2D eigenvalue weighted by Crippen LogP contribution is 2.30. The maximum absolute atomic E-state index is 12.8. The molecule has 1 aromatic heterocycles. The molecule has 0 spiro atoms. The van der Waals surface area contributed by atoms with Crippen molar-refractivity contribution in [1.29, 1.82) is 0 Å². The third-order valence-corrected chi connectivity index (χ3v) is 6.78. The predicted molar refractivity (Wildman–Crippen MR) is 110 cm³/mol. The van der Waals surface area contributed by atoms with Crippen LogP contribution in [0.2, 0.25) is 0 Å². The van der Waals surface area contributed by atoms with Gasteiger partial charge in [0.2, 0.25) is 5.91 Å². The number of likely N-dealkylation sites (tertiary alicyclic amines) is 1. The van der Waals surface area contributed by atoms with Gasteiger partial charge in [-0.15, -0.1) is 10.2 Å². The molecule has 0 bridgehead atoms. The Kier molecular flexibility index (Phi) is 7.20. The molecule has 2 aliphatic rings. The molecule has 1 saturated carbocycles. The van der Waals surface area contributed by atoms with E-state index in [9.17, 15) is 4.79 Å². The molecule has 6 nitrogen and oxygen atoms in total. The molecule has 2 fully saturated rings. The molecular weight excluding hydrogens is 358 g/mol. The van der Waals surface area contributed by atoms with Gasteiger partial charge in [0.05, 0.1) is 6.54 Å². The highest BCUT2D eigenvalue weighted by Gasteiger charge is 2.30. The van der Waals surface area contributed by atoms with Crippen molar-refractivity contribution in [2.24, 2.45) is 0 Å². The summed E-state index contributed by atoms with van der Waals surface area (Å²) in [5.41, 5.74) is 0. The van der Waals surface area contributed by atoms with Gasteiger partial charge in [-0.05, 0) is 52.3 Å². The standard InChI is InChI=1S/C20H35N5OS/c1-15(2)25-19(21-22-20(25)27-4)16-9-8-12-24(13-16)14-18(26)23(3)17-10-6-5-7-11-17/h15-17H,5-14H2,1-4H3. The Balaban J connectivity index is 1.62. The number of nitrogens with zero attached hydrogens (tertiary/aromatic N) is 5. The molecule has 1 saturated heterocycles. The minimum Gasteiger partial charge on any atom is -0.342 e. The fourth-order valence-corrected chi connectivity index (χ4v) is 5.20. The van der Waals surface area contributed by atoms with Crippen molar-refractivity contribution >= 4 is 17.7 Å². The Hall–Kier alpha value is -1.08. The van der Waals surface area contributed by atoms with E-state index in [2.05, 4.69) is 39.8 Å². The first kappa shape index (κ1) is 20.6. The molecule has 1 amide bonds. The molecule has 0 radical (unpaired) electrons. The summed E-state index contributed by atoms with van der Waals surface area (Å²) < 4.78 is 2.27. The lowest BCUT2D eigenvalue weighted by Gasteiger charge is -2.36. The molecule has 1 unspecified atom stereocenters. The van der Waals surface area contributed by atoms with Crippen LogP contribution < -0.4 is 0 Å². The van der Waals surface area contributed by atoms with Crippen molar-refractivity contribution in [3.05, 3.63) is 5.82 Å². The zero-order chi connectivity index (χ0) is 19.4. The van der Waals surface area contributed by atoms with E-state index in [0.29, 0.717) is 24.5 Å². The van der Waals surface area contributed by atoms with E-state index in [-0.39, 0.29) is 5.91 Å². The molecule has 2 heterocycles. The van der Waals surface area contributed by atoms with Gasteiger partial charge in [0.15, 0.2) is 5.16 Å². The number of amides is 1. The number of aromatic nitrogens is 3.